The molecule has 0 saturated heterocycles. The molecule has 1 aliphatic carbocycles. The molecule has 16 heavy (non-hydrogen) atoms. The number of amides is 1. The molecule has 1 aliphatic rings. The summed E-state index contributed by atoms with van der Waals surface area (Å²) in [6, 6.07) is 0.196. The van der Waals surface area contributed by atoms with Crippen LogP contribution in [0.2, 0.25) is 0 Å². The van der Waals surface area contributed by atoms with Crippen molar-refractivity contribution in [2.75, 3.05) is 13.2 Å². The molecule has 1 atom stereocenters. The van der Waals surface area contributed by atoms with E-state index < -0.39 is 0 Å². The highest BCUT2D eigenvalue weighted by Crippen LogP contribution is 2.29. The summed E-state index contributed by atoms with van der Waals surface area (Å²) in [4.78, 5) is 11.8. The fraction of sp³-hybridized carbons (Fsp3) is 0.917. The van der Waals surface area contributed by atoms with Gasteiger partial charge in [-0.3, -0.25) is 4.79 Å². The zero-order chi connectivity index (χ0) is 12.0. The average Bonchev–Trinajstić information content (AvgIpc) is 2.67. The van der Waals surface area contributed by atoms with Crippen LogP contribution in [0.15, 0.2) is 0 Å². The largest absolute Gasteiger partial charge is 0.394 e. The van der Waals surface area contributed by atoms with Gasteiger partial charge in [-0.2, -0.15) is 0 Å². The summed E-state index contributed by atoms with van der Waals surface area (Å²) in [5, 5.41) is 15.6. The van der Waals surface area contributed by atoms with Crippen LogP contribution >= 0.6 is 0 Å². The Morgan fingerprint density at radius 2 is 2.06 bits per heavy atom. The van der Waals surface area contributed by atoms with E-state index in [4.69, 9.17) is 0 Å². The number of aliphatic hydroxyl groups is 1. The topological polar surface area (TPSA) is 61.4 Å². The van der Waals surface area contributed by atoms with Gasteiger partial charge in [0, 0.05) is 12.5 Å². The Kier molecular flexibility index (Phi) is 5.22. The molecular formula is C12H24N2O2. The van der Waals surface area contributed by atoms with Crippen molar-refractivity contribution in [2.24, 2.45) is 0 Å². The normalized spacial score (nSPS) is 20.7. The lowest BCUT2D eigenvalue weighted by molar-refractivity contribution is -0.124. The van der Waals surface area contributed by atoms with E-state index in [1.165, 1.54) is 0 Å². The first-order valence-electron chi connectivity index (χ1n) is 6.27. The summed E-state index contributed by atoms with van der Waals surface area (Å²) in [7, 11) is 0. The van der Waals surface area contributed by atoms with Gasteiger partial charge in [0.15, 0.2) is 0 Å². The number of hydrogen-bond acceptors (Lipinski definition) is 3. The zero-order valence-electron chi connectivity index (χ0n) is 10.4. The van der Waals surface area contributed by atoms with Crippen molar-refractivity contribution < 1.29 is 9.90 Å². The van der Waals surface area contributed by atoms with Crippen LogP contribution in [0.1, 0.15) is 46.0 Å². The number of rotatable bonds is 6. The van der Waals surface area contributed by atoms with Crippen molar-refractivity contribution >= 4 is 5.91 Å². The fourth-order valence-corrected chi connectivity index (χ4v) is 2.42. The minimum Gasteiger partial charge on any atom is -0.394 e. The molecule has 0 aromatic heterocycles. The lowest BCUT2D eigenvalue weighted by Gasteiger charge is -2.28. The van der Waals surface area contributed by atoms with E-state index in [9.17, 15) is 9.90 Å². The third kappa shape index (κ3) is 3.76. The highest BCUT2D eigenvalue weighted by molar-refractivity contribution is 5.77. The molecule has 1 rings (SSSR count). The smallest absolute Gasteiger partial charge is 0.222 e. The van der Waals surface area contributed by atoms with Gasteiger partial charge < -0.3 is 15.7 Å². The number of carbonyl (C=O) groups is 1. The van der Waals surface area contributed by atoms with Gasteiger partial charge in [0.25, 0.3) is 0 Å². The summed E-state index contributed by atoms with van der Waals surface area (Å²) in [5.41, 5.74) is -0.330. The van der Waals surface area contributed by atoms with Crippen LogP contribution < -0.4 is 10.6 Å². The molecule has 1 amide bonds. The molecule has 1 saturated carbocycles. The Labute approximate surface area is 97.8 Å². The van der Waals surface area contributed by atoms with Crippen LogP contribution in [0.4, 0.5) is 0 Å². The van der Waals surface area contributed by atoms with E-state index >= 15 is 0 Å². The lowest BCUT2D eigenvalue weighted by atomic mass is 9.98. The number of aliphatic hydroxyl groups excluding tert-OH is 1. The Balaban J connectivity index is 2.37. The first kappa shape index (κ1) is 13.5. The quantitative estimate of drug-likeness (QED) is 0.630. The molecule has 0 bridgehead atoms. The number of hydrogen-bond donors (Lipinski definition) is 3. The van der Waals surface area contributed by atoms with Crippen LogP contribution in [0, 0.1) is 0 Å². The van der Waals surface area contributed by atoms with Crippen molar-refractivity contribution in [3.05, 3.63) is 0 Å². The summed E-state index contributed by atoms with van der Waals surface area (Å²) in [6.45, 7) is 4.97. The zero-order valence-corrected chi connectivity index (χ0v) is 10.4. The molecule has 4 heteroatoms. The summed E-state index contributed by atoms with van der Waals surface area (Å²) in [5.74, 6) is 0.0457. The third-order valence-electron chi connectivity index (χ3n) is 3.31. The highest BCUT2D eigenvalue weighted by atomic mass is 16.3. The van der Waals surface area contributed by atoms with Crippen molar-refractivity contribution in [1.29, 1.82) is 0 Å². The maximum atomic E-state index is 11.8. The van der Waals surface area contributed by atoms with E-state index in [2.05, 4.69) is 10.6 Å². The van der Waals surface area contributed by atoms with E-state index in [1.54, 1.807) is 0 Å². The minimum atomic E-state index is -0.330. The molecule has 0 spiro atoms. The molecule has 0 heterocycles. The fourth-order valence-electron chi connectivity index (χ4n) is 2.42. The molecule has 94 valence electrons. The van der Waals surface area contributed by atoms with Crippen LogP contribution in [0.25, 0.3) is 0 Å². The monoisotopic (exact) mass is 228 g/mol. The van der Waals surface area contributed by atoms with Gasteiger partial charge in [0.2, 0.25) is 5.91 Å². The van der Waals surface area contributed by atoms with E-state index in [0.717, 1.165) is 32.2 Å². The van der Waals surface area contributed by atoms with Crippen LogP contribution in [-0.2, 0) is 4.79 Å². The van der Waals surface area contributed by atoms with Gasteiger partial charge in [-0.15, -0.1) is 0 Å². The Bertz CT molecular complexity index is 225. The lowest BCUT2D eigenvalue weighted by Crippen LogP contribution is -2.50. The molecule has 0 radical (unpaired) electrons. The standard InChI is InChI=1S/C12H24N2O2/c1-3-13-10(2)8-11(16)14-12(9-15)6-4-5-7-12/h10,13,15H,3-9H2,1-2H3,(H,14,16). The highest BCUT2D eigenvalue weighted by Gasteiger charge is 2.34. The Morgan fingerprint density at radius 3 is 2.56 bits per heavy atom. The number of nitrogens with one attached hydrogen (secondary N) is 2. The van der Waals surface area contributed by atoms with Gasteiger partial charge in [-0.1, -0.05) is 19.8 Å². The maximum Gasteiger partial charge on any atom is 0.222 e. The van der Waals surface area contributed by atoms with Gasteiger partial charge in [0.05, 0.1) is 12.1 Å². The molecule has 0 aromatic rings. The van der Waals surface area contributed by atoms with Crippen molar-refractivity contribution in [1.82, 2.24) is 10.6 Å². The predicted octanol–water partition coefficient (Wildman–Crippen LogP) is 0.796. The molecular weight excluding hydrogens is 204 g/mol. The molecule has 1 unspecified atom stereocenters. The second-order valence-corrected chi connectivity index (χ2v) is 4.86. The summed E-state index contributed by atoms with van der Waals surface area (Å²) < 4.78 is 0. The summed E-state index contributed by atoms with van der Waals surface area (Å²) in [6.07, 6.45) is 4.50. The van der Waals surface area contributed by atoms with Crippen LogP contribution in [0.3, 0.4) is 0 Å². The van der Waals surface area contributed by atoms with Crippen molar-refractivity contribution in [3.63, 3.8) is 0 Å². The SMILES string of the molecule is CCNC(C)CC(=O)NC1(CO)CCCC1. The van der Waals surface area contributed by atoms with Crippen LogP contribution in [0.5, 0.6) is 0 Å². The predicted molar refractivity (Wildman–Crippen MR) is 64.2 cm³/mol. The van der Waals surface area contributed by atoms with Gasteiger partial charge >= 0.3 is 0 Å². The number of carbonyl (C=O) groups excluding carboxylic acids is 1. The van der Waals surface area contributed by atoms with E-state index in [1.807, 2.05) is 13.8 Å². The summed E-state index contributed by atoms with van der Waals surface area (Å²) >= 11 is 0. The second kappa shape index (κ2) is 6.21. The van der Waals surface area contributed by atoms with E-state index in [0.29, 0.717) is 6.42 Å². The van der Waals surface area contributed by atoms with Crippen molar-refractivity contribution in [2.45, 2.75) is 57.5 Å². The minimum absolute atomic E-state index is 0.0457. The second-order valence-electron chi connectivity index (χ2n) is 4.86. The van der Waals surface area contributed by atoms with Crippen LogP contribution in [-0.4, -0.2) is 35.7 Å². The molecule has 0 aliphatic heterocycles. The molecule has 4 nitrogen and oxygen atoms in total. The van der Waals surface area contributed by atoms with Gasteiger partial charge in [0.1, 0.15) is 0 Å². The maximum absolute atomic E-state index is 11.8. The van der Waals surface area contributed by atoms with E-state index in [-0.39, 0.29) is 24.1 Å². The molecule has 0 aromatic carbocycles. The Morgan fingerprint density at radius 1 is 1.44 bits per heavy atom. The van der Waals surface area contributed by atoms with Gasteiger partial charge in [-0.05, 0) is 26.3 Å². The first-order chi connectivity index (χ1) is 7.62. The van der Waals surface area contributed by atoms with Gasteiger partial charge in [-0.25, -0.2) is 0 Å². The Hall–Kier alpha value is -0.610. The average molecular weight is 228 g/mol. The molecule has 3 N–H and O–H groups in total. The first-order valence-corrected chi connectivity index (χ1v) is 6.27. The molecule has 1 fully saturated rings. The van der Waals surface area contributed by atoms with Crippen molar-refractivity contribution in [3.8, 4) is 0 Å². The third-order valence-corrected chi connectivity index (χ3v) is 3.31.